The molecule has 0 radical (unpaired) electrons. The smallest absolute Gasteiger partial charge is 0.303 e. The van der Waals surface area contributed by atoms with Crippen molar-refractivity contribution in [1.29, 1.82) is 0 Å². The van der Waals surface area contributed by atoms with Gasteiger partial charge in [-0.1, -0.05) is 38.5 Å². The molecule has 2 amide bonds. The lowest BCUT2D eigenvalue weighted by molar-refractivity contribution is -0.139. The third kappa shape index (κ3) is 6.61. The minimum Gasteiger partial charge on any atom is -0.481 e. The van der Waals surface area contributed by atoms with Crippen molar-refractivity contribution < 1.29 is 19.5 Å². The topological polar surface area (TPSA) is 95.5 Å². The molecule has 1 unspecified atom stereocenters. The van der Waals surface area contributed by atoms with Gasteiger partial charge in [-0.05, 0) is 44.4 Å². The normalized spacial score (nSPS) is 20.5. The van der Waals surface area contributed by atoms with Gasteiger partial charge < -0.3 is 15.7 Å². The Kier molecular flexibility index (Phi) is 8.39. The first-order valence-electron chi connectivity index (χ1n) is 10.3. The van der Waals surface area contributed by atoms with Gasteiger partial charge in [0.15, 0.2) is 0 Å². The largest absolute Gasteiger partial charge is 0.481 e. The van der Waals surface area contributed by atoms with E-state index in [9.17, 15) is 14.4 Å². The van der Waals surface area contributed by atoms with Crippen molar-refractivity contribution in [2.45, 2.75) is 96.1 Å². The highest BCUT2D eigenvalue weighted by atomic mass is 16.4. The summed E-state index contributed by atoms with van der Waals surface area (Å²) in [5.41, 5.74) is 0. The maximum atomic E-state index is 12.7. The Labute approximate surface area is 156 Å². The van der Waals surface area contributed by atoms with E-state index in [1.54, 1.807) is 6.92 Å². The molecule has 148 valence electrons. The number of nitrogens with one attached hydrogen (secondary N) is 2. The molecule has 0 aromatic carbocycles. The van der Waals surface area contributed by atoms with Crippen LogP contribution in [0.3, 0.4) is 0 Å². The van der Waals surface area contributed by atoms with Gasteiger partial charge in [-0.15, -0.1) is 0 Å². The van der Waals surface area contributed by atoms with Gasteiger partial charge >= 0.3 is 5.97 Å². The Morgan fingerprint density at radius 1 is 0.846 bits per heavy atom. The molecule has 2 rings (SSSR count). The fourth-order valence-corrected chi connectivity index (χ4v) is 4.50. The molecule has 0 aliphatic heterocycles. The number of hydrogen-bond donors (Lipinski definition) is 3. The van der Waals surface area contributed by atoms with Crippen LogP contribution < -0.4 is 10.6 Å². The van der Waals surface area contributed by atoms with E-state index in [4.69, 9.17) is 5.11 Å². The molecule has 0 bridgehead atoms. The van der Waals surface area contributed by atoms with E-state index in [0.717, 1.165) is 0 Å². The van der Waals surface area contributed by atoms with Crippen molar-refractivity contribution in [2.24, 2.45) is 11.8 Å². The Balaban J connectivity index is 1.91. The molecule has 6 nitrogen and oxygen atoms in total. The fourth-order valence-electron chi connectivity index (χ4n) is 4.50. The van der Waals surface area contributed by atoms with Crippen LogP contribution in [0.2, 0.25) is 0 Å². The number of carboxylic acid groups (broad SMARTS) is 1. The number of aliphatic carboxylic acids is 1. The molecule has 1 atom stereocenters. The first-order chi connectivity index (χ1) is 12.5. The van der Waals surface area contributed by atoms with Crippen LogP contribution in [0.4, 0.5) is 0 Å². The molecule has 0 spiro atoms. The summed E-state index contributed by atoms with van der Waals surface area (Å²) in [6.07, 6.45) is 12.0. The van der Waals surface area contributed by atoms with Gasteiger partial charge in [0.2, 0.25) is 11.8 Å². The predicted molar refractivity (Wildman–Crippen MR) is 99.6 cm³/mol. The molecule has 0 heterocycles. The average Bonchev–Trinajstić information content (AvgIpc) is 2.65. The molecular formula is C20H34N2O4. The summed E-state index contributed by atoms with van der Waals surface area (Å²) in [4.78, 5) is 35.0. The van der Waals surface area contributed by atoms with Crippen LogP contribution in [-0.4, -0.2) is 35.0 Å². The Morgan fingerprint density at radius 3 is 1.81 bits per heavy atom. The van der Waals surface area contributed by atoms with E-state index in [1.807, 2.05) is 0 Å². The number of rotatable bonds is 8. The van der Waals surface area contributed by atoms with Gasteiger partial charge in [0, 0.05) is 12.5 Å². The van der Waals surface area contributed by atoms with Crippen LogP contribution in [0.15, 0.2) is 0 Å². The number of carbonyl (C=O) groups excluding carboxylic acids is 2. The van der Waals surface area contributed by atoms with Crippen molar-refractivity contribution in [3.63, 3.8) is 0 Å². The van der Waals surface area contributed by atoms with Crippen LogP contribution in [0.25, 0.3) is 0 Å². The molecule has 0 aromatic heterocycles. The van der Waals surface area contributed by atoms with Gasteiger partial charge in [-0.3, -0.25) is 14.4 Å². The Hall–Kier alpha value is -1.59. The highest BCUT2D eigenvalue weighted by Crippen LogP contribution is 2.35. The maximum Gasteiger partial charge on any atom is 0.303 e. The first kappa shape index (κ1) is 20.7. The van der Waals surface area contributed by atoms with E-state index in [-0.39, 0.29) is 30.7 Å². The number of hydrogen-bond acceptors (Lipinski definition) is 3. The zero-order valence-electron chi connectivity index (χ0n) is 16.0. The lowest BCUT2D eigenvalue weighted by atomic mass is 9.73. The van der Waals surface area contributed by atoms with Crippen LogP contribution in [0.1, 0.15) is 84.0 Å². The van der Waals surface area contributed by atoms with E-state index in [0.29, 0.717) is 11.8 Å². The zero-order chi connectivity index (χ0) is 18.9. The van der Waals surface area contributed by atoms with Gasteiger partial charge in [0.05, 0.1) is 6.42 Å². The van der Waals surface area contributed by atoms with E-state index < -0.39 is 12.0 Å². The van der Waals surface area contributed by atoms with E-state index >= 15 is 0 Å². The number of carbonyl (C=O) groups is 3. The van der Waals surface area contributed by atoms with Crippen molar-refractivity contribution in [2.75, 3.05) is 0 Å². The van der Waals surface area contributed by atoms with Crippen molar-refractivity contribution >= 4 is 17.8 Å². The van der Waals surface area contributed by atoms with E-state index in [1.165, 1.54) is 64.2 Å². The lowest BCUT2D eigenvalue weighted by Gasteiger charge is -2.38. The molecule has 6 heteroatoms. The lowest BCUT2D eigenvalue weighted by Crippen LogP contribution is -2.53. The monoisotopic (exact) mass is 366 g/mol. The Morgan fingerprint density at radius 2 is 1.35 bits per heavy atom. The van der Waals surface area contributed by atoms with Crippen LogP contribution in [-0.2, 0) is 14.4 Å². The average molecular weight is 367 g/mol. The highest BCUT2D eigenvalue weighted by Gasteiger charge is 2.33. The second kappa shape index (κ2) is 10.5. The van der Waals surface area contributed by atoms with Gasteiger partial charge in [-0.2, -0.15) is 0 Å². The van der Waals surface area contributed by atoms with Crippen molar-refractivity contribution in [1.82, 2.24) is 10.6 Å². The summed E-state index contributed by atoms with van der Waals surface area (Å²) in [7, 11) is 0. The summed E-state index contributed by atoms with van der Waals surface area (Å²) < 4.78 is 0. The van der Waals surface area contributed by atoms with Crippen LogP contribution in [0, 0.1) is 11.8 Å². The summed E-state index contributed by atoms with van der Waals surface area (Å²) >= 11 is 0. The molecular weight excluding hydrogens is 332 g/mol. The summed E-state index contributed by atoms with van der Waals surface area (Å²) in [6.45, 7) is 1.67. The molecule has 2 fully saturated rings. The standard InChI is InChI=1S/C20H34N2O4/c1-14(21-17(23)12-13-18(24)25)20(26)22-19(15-8-4-2-5-9-15)16-10-6-3-7-11-16/h14-16,19H,2-13H2,1H3,(H,21,23)(H,22,26)(H,24,25). The molecule has 0 saturated heterocycles. The molecule has 0 aromatic rings. The zero-order valence-corrected chi connectivity index (χ0v) is 16.0. The summed E-state index contributed by atoms with van der Waals surface area (Å²) in [6, 6.07) is -0.424. The molecule has 2 aliphatic rings. The van der Waals surface area contributed by atoms with E-state index in [2.05, 4.69) is 10.6 Å². The van der Waals surface area contributed by atoms with Gasteiger partial charge in [-0.25, -0.2) is 0 Å². The van der Waals surface area contributed by atoms with Gasteiger partial charge in [0.1, 0.15) is 6.04 Å². The minimum absolute atomic E-state index is 0.0956. The molecule has 26 heavy (non-hydrogen) atoms. The quantitative estimate of drug-likeness (QED) is 0.615. The molecule has 3 N–H and O–H groups in total. The number of amides is 2. The first-order valence-corrected chi connectivity index (χ1v) is 10.3. The molecule has 2 aliphatic carbocycles. The summed E-state index contributed by atoms with van der Waals surface area (Å²) in [5, 5.41) is 14.5. The van der Waals surface area contributed by atoms with Crippen molar-refractivity contribution in [3.05, 3.63) is 0 Å². The SMILES string of the molecule is CC(NC(=O)CCC(=O)O)C(=O)NC(C1CCCCC1)C1CCCCC1. The third-order valence-corrected chi connectivity index (χ3v) is 5.96. The fraction of sp³-hybridized carbons (Fsp3) is 0.850. The molecule has 2 saturated carbocycles. The Bertz CT molecular complexity index is 464. The summed E-state index contributed by atoms with van der Waals surface area (Å²) in [5.74, 6) is -0.444. The predicted octanol–water partition coefficient (Wildman–Crippen LogP) is 3.00. The van der Waals surface area contributed by atoms with Crippen molar-refractivity contribution in [3.8, 4) is 0 Å². The second-order valence-corrected chi connectivity index (χ2v) is 8.01. The minimum atomic E-state index is -1.01. The van der Waals surface area contributed by atoms with Gasteiger partial charge in [0.25, 0.3) is 0 Å². The second-order valence-electron chi connectivity index (χ2n) is 8.01. The number of carboxylic acids is 1. The third-order valence-electron chi connectivity index (χ3n) is 5.96. The van der Waals surface area contributed by atoms with Crippen LogP contribution in [0.5, 0.6) is 0 Å². The highest BCUT2D eigenvalue weighted by molar-refractivity contribution is 5.88. The maximum absolute atomic E-state index is 12.7. The van der Waals surface area contributed by atoms with Crippen LogP contribution >= 0.6 is 0 Å².